The van der Waals surface area contributed by atoms with Crippen molar-refractivity contribution in [1.82, 2.24) is 9.97 Å². The van der Waals surface area contributed by atoms with Crippen LogP contribution in [0.15, 0.2) is 42.2 Å². The first kappa shape index (κ1) is 16.8. The summed E-state index contributed by atoms with van der Waals surface area (Å²) < 4.78 is 0. The second-order valence-corrected chi connectivity index (χ2v) is 7.39. The number of aliphatic hydroxyl groups is 1. The number of fused-ring (bicyclic) bond motifs is 3. The van der Waals surface area contributed by atoms with Gasteiger partial charge in [0, 0.05) is 22.5 Å². The molecule has 3 atom stereocenters. The molecule has 2 aliphatic rings. The number of hydrogen-bond acceptors (Lipinski definition) is 5. The summed E-state index contributed by atoms with van der Waals surface area (Å²) in [6.45, 7) is 3.70. The topological polar surface area (TPSA) is 83.3 Å². The fraction of sp³-hybridized carbons (Fsp3) is 0.381. The Morgan fingerprint density at radius 1 is 1.23 bits per heavy atom. The SMILES string of the molecule is Cc1nc(O)c2c(n1)[C@@]1(c3ccccc3)CC(=CO)C(=O)[C@@H](C)[C@@H]1CC2. The number of aryl methyl sites for hydroxylation is 1. The lowest BCUT2D eigenvalue weighted by molar-refractivity contribution is -0.123. The fourth-order valence-electron chi connectivity index (χ4n) is 4.95. The highest BCUT2D eigenvalue weighted by Gasteiger charge is 2.55. The van der Waals surface area contributed by atoms with Crippen molar-refractivity contribution in [2.45, 2.75) is 38.5 Å². The molecule has 1 fully saturated rings. The summed E-state index contributed by atoms with van der Waals surface area (Å²) in [6, 6.07) is 10.0. The van der Waals surface area contributed by atoms with Crippen LogP contribution in [0.3, 0.4) is 0 Å². The molecule has 1 aromatic carbocycles. The van der Waals surface area contributed by atoms with Gasteiger partial charge < -0.3 is 10.2 Å². The third-order valence-electron chi connectivity index (χ3n) is 6.11. The van der Waals surface area contributed by atoms with Crippen molar-refractivity contribution in [3.8, 4) is 5.88 Å². The van der Waals surface area contributed by atoms with Crippen LogP contribution < -0.4 is 0 Å². The van der Waals surface area contributed by atoms with E-state index in [0.29, 0.717) is 24.2 Å². The van der Waals surface area contributed by atoms with Crippen LogP contribution in [0.4, 0.5) is 0 Å². The zero-order chi connectivity index (χ0) is 18.5. The molecule has 0 aliphatic heterocycles. The van der Waals surface area contributed by atoms with Crippen molar-refractivity contribution in [3.63, 3.8) is 0 Å². The number of Topliss-reactive ketones (excluding diaryl/α,β-unsaturated/α-hetero) is 1. The second-order valence-electron chi connectivity index (χ2n) is 7.39. The van der Waals surface area contributed by atoms with Crippen molar-refractivity contribution in [1.29, 1.82) is 0 Å². The van der Waals surface area contributed by atoms with E-state index in [0.717, 1.165) is 29.5 Å². The summed E-state index contributed by atoms with van der Waals surface area (Å²) >= 11 is 0. The molecule has 5 nitrogen and oxygen atoms in total. The predicted octanol–water partition coefficient (Wildman–Crippen LogP) is 3.39. The maximum absolute atomic E-state index is 12.7. The van der Waals surface area contributed by atoms with E-state index < -0.39 is 5.41 Å². The Balaban J connectivity index is 2.06. The van der Waals surface area contributed by atoms with Crippen LogP contribution in [0.1, 0.15) is 42.4 Å². The first-order chi connectivity index (χ1) is 12.5. The highest BCUT2D eigenvalue weighted by atomic mass is 16.3. The predicted molar refractivity (Wildman–Crippen MR) is 97.0 cm³/mol. The smallest absolute Gasteiger partial charge is 0.217 e. The number of carbonyl (C=O) groups excluding carboxylic acids is 1. The number of ketones is 1. The van der Waals surface area contributed by atoms with Crippen molar-refractivity contribution in [2.75, 3.05) is 0 Å². The molecule has 4 rings (SSSR count). The van der Waals surface area contributed by atoms with Crippen LogP contribution in [0, 0.1) is 18.8 Å². The monoisotopic (exact) mass is 350 g/mol. The minimum absolute atomic E-state index is 0.00232. The molecular formula is C21H22N2O3. The van der Waals surface area contributed by atoms with Crippen LogP contribution in [0.5, 0.6) is 5.88 Å². The van der Waals surface area contributed by atoms with Crippen molar-refractivity contribution in [3.05, 3.63) is 64.8 Å². The molecule has 1 aromatic heterocycles. The highest BCUT2D eigenvalue weighted by Crippen LogP contribution is 2.56. The lowest BCUT2D eigenvalue weighted by Crippen LogP contribution is -2.51. The number of rotatable bonds is 1. The zero-order valence-electron chi connectivity index (χ0n) is 14.9. The number of aromatic hydroxyl groups is 1. The van der Waals surface area contributed by atoms with E-state index in [1.807, 2.05) is 37.3 Å². The Labute approximate surface area is 152 Å². The fourth-order valence-corrected chi connectivity index (χ4v) is 4.95. The molecule has 0 spiro atoms. The number of benzene rings is 1. The number of allylic oxidation sites excluding steroid dienone is 1. The van der Waals surface area contributed by atoms with Crippen LogP contribution in [0.25, 0.3) is 0 Å². The third kappa shape index (κ3) is 2.19. The van der Waals surface area contributed by atoms with E-state index in [1.165, 1.54) is 0 Å². The minimum Gasteiger partial charge on any atom is -0.515 e. The number of aromatic nitrogens is 2. The summed E-state index contributed by atoms with van der Waals surface area (Å²) in [5.74, 6) is 0.370. The van der Waals surface area contributed by atoms with Gasteiger partial charge in [0.1, 0.15) is 5.82 Å². The Bertz CT molecular complexity index is 907. The van der Waals surface area contributed by atoms with Crippen LogP contribution in [0.2, 0.25) is 0 Å². The molecule has 1 saturated carbocycles. The lowest BCUT2D eigenvalue weighted by atomic mass is 9.52. The summed E-state index contributed by atoms with van der Waals surface area (Å²) in [7, 11) is 0. The molecule has 26 heavy (non-hydrogen) atoms. The van der Waals surface area contributed by atoms with Gasteiger partial charge in [0.2, 0.25) is 5.88 Å². The van der Waals surface area contributed by atoms with Gasteiger partial charge in [-0.1, -0.05) is 37.3 Å². The summed E-state index contributed by atoms with van der Waals surface area (Å²) in [5.41, 5.74) is 2.48. The molecule has 2 N–H and O–H groups in total. The molecule has 0 unspecified atom stereocenters. The van der Waals surface area contributed by atoms with Gasteiger partial charge in [-0.25, -0.2) is 4.98 Å². The number of carbonyl (C=O) groups is 1. The molecule has 0 saturated heterocycles. The Morgan fingerprint density at radius 2 is 1.96 bits per heavy atom. The van der Waals surface area contributed by atoms with Gasteiger partial charge in [-0.05, 0) is 37.7 Å². The highest BCUT2D eigenvalue weighted by molar-refractivity contribution is 5.98. The van der Waals surface area contributed by atoms with Crippen LogP contribution in [-0.2, 0) is 16.6 Å². The van der Waals surface area contributed by atoms with E-state index in [9.17, 15) is 15.0 Å². The van der Waals surface area contributed by atoms with Gasteiger partial charge >= 0.3 is 0 Å². The van der Waals surface area contributed by atoms with Gasteiger partial charge in [-0.2, -0.15) is 4.98 Å². The normalized spacial score (nSPS) is 29.3. The van der Waals surface area contributed by atoms with E-state index >= 15 is 0 Å². The average Bonchev–Trinajstić information content (AvgIpc) is 2.65. The standard InChI is InChI=1S/C21H22N2O3/c1-12-17-9-8-16-19(22-13(2)23-20(16)26)21(17,10-14(11-24)18(12)25)15-6-4-3-5-7-15/h3-7,11-12,17,24H,8-10H2,1-2H3,(H,22,23,26)/t12-,17-,21+/m0/s1. The van der Waals surface area contributed by atoms with Gasteiger partial charge in [-0.15, -0.1) is 0 Å². The average molecular weight is 350 g/mol. The summed E-state index contributed by atoms with van der Waals surface area (Å²) in [5, 5.41) is 20.2. The maximum atomic E-state index is 12.7. The van der Waals surface area contributed by atoms with Gasteiger partial charge in [-0.3, -0.25) is 4.79 Å². The lowest BCUT2D eigenvalue weighted by Gasteiger charge is -2.50. The van der Waals surface area contributed by atoms with Crippen molar-refractivity contribution >= 4 is 5.78 Å². The molecule has 0 amide bonds. The van der Waals surface area contributed by atoms with E-state index in [2.05, 4.69) is 4.98 Å². The largest absolute Gasteiger partial charge is 0.515 e. The molecule has 5 heteroatoms. The molecule has 0 radical (unpaired) electrons. The molecule has 2 aromatic rings. The quantitative estimate of drug-likeness (QED) is 0.608. The molecule has 2 aliphatic carbocycles. The third-order valence-corrected chi connectivity index (χ3v) is 6.11. The van der Waals surface area contributed by atoms with Crippen LogP contribution in [-0.4, -0.2) is 26.0 Å². The van der Waals surface area contributed by atoms with E-state index in [4.69, 9.17) is 4.98 Å². The van der Waals surface area contributed by atoms with Crippen molar-refractivity contribution < 1.29 is 15.0 Å². The van der Waals surface area contributed by atoms with Gasteiger partial charge in [0.15, 0.2) is 5.78 Å². The van der Waals surface area contributed by atoms with Crippen LogP contribution >= 0.6 is 0 Å². The molecule has 0 bridgehead atoms. The van der Waals surface area contributed by atoms with Crippen molar-refractivity contribution in [2.24, 2.45) is 11.8 Å². The van der Waals surface area contributed by atoms with E-state index in [-0.39, 0.29) is 23.5 Å². The Hall–Kier alpha value is -2.69. The second kappa shape index (κ2) is 5.94. The Kier molecular flexibility index (Phi) is 3.83. The summed E-state index contributed by atoms with van der Waals surface area (Å²) in [4.78, 5) is 21.6. The van der Waals surface area contributed by atoms with Gasteiger partial charge in [0.25, 0.3) is 0 Å². The minimum atomic E-state index is -0.554. The van der Waals surface area contributed by atoms with Gasteiger partial charge in [0.05, 0.1) is 12.0 Å². The number of nitrogens with zero attached hydrogens (tertiary/aromatic N) is 2. The number of aliphatic hydroxyl groups excluding tert-OH is 1. The van der Waals surface area contributed by atoms with E-state index in [1.54, 1.807) is 6.92 Å². The Morgan fingerprint density at radius 3 is 2.65 bits per heavy atom. The first-order valence-electron chi connectivity index (χ1n) is 8.99. The molecule has 134 valence electrons. The molecule has 1 heterocycles. The first-order valence-corrected chi connectivity index (χ1v) is 8.99. The molecular weight excluding hydrogens is 328 g/mol. The summed E-state index contributed by atoms with van der Waals surface area (Å²) in [6.07, 6.45) is 2.75. The maximum Gasteiger partial charge on any atom is 0.217 e. The number of hydrogen-bond donors (Lipinski definition) is 2. The zero-order valence-corrected chi connectivity index (χ0v) is 14.9.